The quantitative estimate of drug-likeness (QED) is 0.736. The summed E-state index contributed by atoms with van der Waals surface area (Å²) in [5.74, 6) is 0.929. The molecule has 162 valence electrons. The summed E-state index contributed by atoms with van der Waals surface area (Å²) in [5, 5.41) is 12.6. The Labute approximate surface area is 177 Å². The van der Waals surface area contributed by atoms with E-state index in [1.54, 1.807) is 35.0 Å². The number of benzene rings is 1. The van der Waals surface area contributed by atoms with Gasteiger partial charge >= 0.3 is 0 Å². The molecule has 30 heavy (non-hydrogen) atoms. The fourth-order valence-electron chi connectivity index (χ4n) is 4.00. The van der Waals surface area contributed by atoms with E-state index >= 15 is 0 Å². The van der Waals surface area contributed by atoms with E-state index in [2.05, 4.69) is 11.4 Å². The van der Waals surface area contributed by atoms with Crippen LogP contribution in [0.3, 0.4) is 0 Å². The van der Waals surface area contributed by atoms with E-state index in [-0.39, 0.29) is 24.9 Å². The highest BCUT2D eigenvalue weighted by Gasteiger charge is 2.39. The molecule has 8 nitrogen and oxygen atoms in total. The van der Waals surface area contributed by atoms with E-state index in [1.165, 1.54) is 0 Å². The summed E-state index contributed by atoms with van der Waals surface area (Å²) in [7, 11) is 1.71. The summed E-state index contributed by atoms with van der Waals surface area (Å²) in [6.07, 6.45) is 4.44. The van der Waals surface area contributed by atoms with E-state index in [1.807, 2.05) is 6.92 Å². The van der Waals surface area contributed by atoms with Crippen molar-refractivity contribution in [1.29, 1.82) is 5.26 Å². The minimum atomic E-state index is -0.720. The van der Waals surface area contributed by atoms with Crippen molar-refractivity contribution < 1.29 is 19.1 Å². The molecule has 1 heterocycles. The highest BCUT2D eigenvalue weighted by atomic mass is 16.6. The number of fused-ring (bicyclic) bond motifs is 1. The van der Waals surface area contributed by atoms with Gasteiger partial charge in [0.15, 0.2) is 11.5 Å². The van der Waals surface area contributed by atoms with Crippen LogP contribution in [-0.2, 0) is 9.59 Å². The van der Waals surface area contributed by atoms with Crippen LogP contribution in [0.5, 0.6) is 11.5 Å². The second-order valence-corrected chi connectivity index (χ2v) is 7.87. The molecule has 1 saturated carbocycles. The molecule has 2 amide bonds. The Hall–Kier alpha value is -2.79. The van der Waals surface area contributed by atoms with E-state index < -0.39 is 5.54 Å². The number of nitrogens with zero attached hydrogens (tertiary/aromatic N) is 3. The molecular weight excluding hydrogens is 384 g/mol. The fourth-order valence-corrected chi connectivity index (χ4v) is 4.00. The molecule has 0 radical (unpaired) electrons. The third kappa shape index (κ3) is 5.03. The Morgan fingerprint density at radius 2 is 1.83 bits per heavy atom. The zero-order chi connectivity index (χ0) is 21.6. The lowest BCUT2D eigenvalue weighted by Gasteiger charge is -2.39. The van der Waals surface area contributed by atoms with Gasteiger partial charge in [-0.15, -0.1) is 0 Å². The Bertz CT molecular complexity index is 814. The summed E-state index contributed by atoms with van der Waals surface area (Å²) >= 11 is 0. The summed E-state index contributed by atoms with van der Waals surface area (Å²) in [5.41, 5.74) is -0.100. The maximum absolute atomic E-state index is 12.8. The third-order valence-corrected chi connectivity index (χ3v) is 5.90. The van der Waals surface area contributed by atoms with Gasteiger partial charge in [0, 0.05) is 18.8 Å². The third-order valence-electron chi connectivity index (χ3n) is 5.90. The first kappa shape index (κ1) is 21.9. The summed E-state index contributed by atoms with van der Waals surface area (Å²) in [6, 6.07) is 7.64. The molecule has 1 N–H and O–H groups in total. The van der Waals surface area contributed by atoms with Gasteiger partial charge in [-0.05, 0) is 31.5 Å². The van der Waals surface area contributed by atoms with Gasteiger partial charge in [0.2, 0.25) is 11.8 Å². The van der Waals surface area contributed by atoms with Gasteiger partial charge in [0.05, 0.1) is 19.2 Å². The molecule has 1 aliphatic heterocycles. The standard InChI is InChI=1S/C22H30N4O4/c1-3-26(15-21(28)25(2)22(16-23)9-5-4-6-10-22)14-20(27)24-17-7-8-18-19(13-17)30-12-11-29-18/h7-8,13H,3-6,9-12,14-15H2,1-2H3,(H,24,27). The first-order chi connectivity index (χ1) is 14.5. The number of ether oxygens (including phenoxy) is 2. The Kier molecular flexibility index (Phi) is 7.16. The first-order valence-corrected chi connectivity index (χ1v) is 10.6. The van der Waals surface area contributed by atoms with E-state index in [9.17, 15) is 14.9 Å². The molecule has 3 rings (SSSR count). The molecule has 2 aliphatic rings. The van der Waals surface area contributed by atoms with Gasteiger partial charge in [-0.2, -0.15) is 5.26 Å². The molecular formula is C22H30N4O4. The second kappa shape index (κ2) is 9.81. The molecule has 8 heteroatoms. The predicted molar refractivity (Wildman–Crippen MR) is 112 cm³/mol. The smallest absolute Gasteiger partial charge is 0.238 e. The van der Waals surface area contributed by atoms with Crippen molar-refractivity contribution in [3.63, 3.8) is 0 Å². The molecule has 0 aromatic heterocycles. The normalized spacial score (nSPS) is 17.1. The molecule has 0 spiro atoms. The minimum Gasteiger partial charge on any atom is -0.486 e. The monoisotopic (exact) mass is 414 g/mol. The number of carbonyl (C=O) groups is 2. The number of hydrogen-bond donors (Lipinski definition) is 1. The van der Waals surface area contributed by atoms with Crippen molar-refractivity contribution in [2.45, 2.75) is 44.6 Å². The molecule has 1 aromatic rings. The maximum Gasteiger partial charge on any atom is 0.238 e. The molecule has 0 saturated heterocycles. The van der Waals surface area contributed by atoms with Gasteiger partial charge in [-0.25, -0.2) is 0 Å². The number of carbonyl (C=O) groups excluding carboxylic acids is 2. The largest absolute Gasteiger partial charge is 0.486 e. The van der Waals surface area contributed by atoms with Crippen LogP contribution >= 0.6 is 0 Å². The van der Waals surface area contributed by atoms with Gasteiger partial charge in [-0.1, -0.05) is 26.2 Å². The van der Waals surface area contributed by atoms with Gasteiger partial charge < -0.3 is 19.7 Å². The number of nitriles is 1. The fraction of sp³-hybridized carbons (Fsp3) is 0.591. The van der Waals surface area contributed by atoms with E-state index in [0.717, 1.165) is 19.3 Å². The van der Waals surface area contributed by atoms with Crippen LogP contribution in [-0.4, -0.2) is 67.0 Å². The average molecular weight is 415 g/mol. The highest BCUT2D eigenvalue weighted by molar-refractivity contribution is 5.93. The van der Waals surface area contributed by atoms with Crippen molar-refractivity contribution in [3.05, 3.63) is 18.2 Å². The highest BCUT2D eigenvalue weighted by Crippen LogP contribution is 2.33. The lowest BCUT2D eigenvalue weighted by Crippen LogP contribution is -2.53. The topological polar surface area (TPSA) is 94.9 Å². The maximum atomic E-state index is 12.8. The van der Waals surface area contributed by atoms with Crippen molar-refractivity contribution in [3.8, 4) is 17.6 Å². The number of nitrogens with one attached hydrogen (secondary N) is 1. The van der Waals surface area contributed by atoms with Crippen molar-refractivity contribution >= 4 is 17.5 Å². The number of likely N-dealkylation sites (N-methyl/N-ethyl adjacent to an activating group) is 2. The lowest BCUT2D eigenvalue weighted by molar-refractivity contribution is -0.136. The number of hydrogen-bond acceptors (Lipinski definition) is 6. The SMILES string of the molecule is CCN(CC(=O)Nc1ccc2c(c1)OCCO2)CC(=O)N(C)C1(C#N)CCCCC1. The molecule has 1 fully saturated rings. The van der Waals surface area contributed by atoms with E-state index in [4.69, 9.17) is 9.47 Å². The van der Waals surface area contributed by atoms with Crippen LogP contribution in [0.2, 0.25) is 0 Å². The van der Waals surface area contributed by atoms with Crippen LogP contribution in [0, 0.1) is 11.3 Å². The molecule has 0 unspecified atom stereocenters. The zero-order valence-electron chi connectivity index (χ0n) is 17.8. The summed E-state index contributed by atoms with van der Waals surface area (Å²) in [4.78, 5) is 28.7. The molecule has 0 atom stereocenters. The lowest BCUT2D eigenvalue weighted by atomic mass is 9.81. The Balaban J connectivity index is 1.56. The number of amides is 2. The molecule has 1 aliphatic carbocycles. The summed E-state index contributed by atoms with van der Waals surface area (Å²) in [6.45, 7) is 3.64. The predicted octanol–water partition coefficient (Wildman–Crippen LogP) is 2.40. The van der Waals surface area contributed by atoms with Gasteiger partial charge in [-0.3, -0.25) is 14.5 Å². The number of anilines is 1. The minimum absolute atomic E-state index is 0.0874. The van der Waals surface area contributed by atoms with Gasteiger partial charge in [0.1, 0.15) is 18.8 Å². The van der Waals surface area contributed by atoms with Crippen molar-refractivity contribution in [2.75, 3.05) is 45.2 Å². The van der Waals surface area contributed by atoms with E-state index in [0.29, 0.717) is 49.8 Å². The van der Waals surface area contributed by atoms with Crippen LogP contribution in [0.4, 0.5) is 5.69 Å². The van der Waals surface area contributed by atoms with Crippen molar-refractivity contribution in [1.82, 2.24) is 9.80 Å². The van der Waals surface area contributed by atoms with Crippen LogP contribution < -0.4 is 14.8 Å². The summed E-state index contributed by atoms with van der Waals surface area (Å²) < 4.78 is 11.0. The molecule has 1 aromatic carbocycles. The number of rotatable bonds is 7. The van der Waals surface area contributed by atoms with Crippen LogP contribution in [0.25, 0.3) is 0 Å². The van der Waals surface area contributed by atoms with Crippen molar-refractivity contribution in [2.24, 2.45) is 0 Å². The first-order valence-electron chi connectivity index (χ1n) is 10.6. The Morgan fingerprint density at radius 1 is 1.13 bits per heavy atom. The zero-order valence-corrected chi connectivity index (χ0v) is 17.8. The van der Waals surface area contributed by atoms with Crippen LogP contribution in [0.15, 0.2) is 18.2 Å². The average Bonchev–Trinajstić information content (AvgIpc) is 2.78. The van der Waals surface area contributed by atoms with Crippen LogP contribution in [0.1, 0.15) is 39.0 Å². The van der Waals surface area contributed by atoms with Gasteiger partial charge in [0.25, 0.3) is 0 Å². The molecule has 0 bridgehead atoms. The Morgan fingerprint density at radius 3 is 2.50 bits per heavy atom. The second-order valence-electron chi connectivity index (χ2n) is 7.87.